The summed E-state index contributed by atoms with van der Waals surface area (Å²) in [5.74, 6) is -1.11. The monoisotopic (exact) mass is 228 g/mol. The summed E-state index contributed by atoms with van der Waals surface area (Å²) in [6.45, 7) is 2.03. The standard InChI is InChI=1S/C9H12N2O3S/c1-6-5-15-8(11-6)4-7(12)10-3-2-9(13)14/h5H,2-4H2,1H3,(H,10,12)(H,13,14). The highest BCUT2D eigenvalue weighted by molar-refractivity contribution is 7.09. The topological polar surface area (TPSA) is 79.3 Å². The van der Waals surface area contributed by atoms with Gasteiger partial charge in [-0.3, -0.25) is 9.59 Å². The Morgan fingerprint density at radius 1 is 1.60 bits per heavy atom. The molecule has 0 saturated carbocycles. The molecule has 1 aromatic heterocycles. The van der Waals surface area contributed by atoms with Gasteiger partial charge >= 0.3 is 5.97 Å². The number of nitrogens with one attached hydrogen (secondary N) is 1. The first-order chi connectivity index (χ1) is 7.08. The molecule has 0 saturated heterocycles. The molecule has 0 fully saturated rings. The molecule has 5 nitrogen and oxygen atoms in total. The molecule has 1 rings (SSSR count). The zero-order valence-corrected chi connectivity index (χ0v) is 9.13. The molecule has 0 spiro atoms. The number of carbonyl (C=O) groups excluding carboxylic acids is 1. The summed E-state index contributed by atoms with van der Waals surface area (Å²) in [5, 5.41) is 13.5. The second-order valence-corrected chi connectivity index (χ2v) is 4.00. The number of carboxylic acids is 1. The number of rotatable bonds is 5. The highest BCUT2D eigenvalue weighted by Crippen LogP contribution is 2.08. The molecule has 2 N–H and O–H groups in total. The van der Waals surface area contributed by atoms with Gasteiger partial charge in [0.15, 0.2) is 0 Å². The number of aliphatic carboxylic acids is 1. The van der Waals surface area contributed by atoms with Crippen LogP contribution in [0.1, 0.15) is 17.1 Å². The predicted octanol–water partition coefficient (Wildman–Crippen LogP) is 0.585. The first-order valence-corrected chi connectivity index (χ1v) is 5.35. The van der Waals surface area contributed by atoms with Crippen molar-refractivity contribution in [1.29, 1.82) is 0 Å². The van der Waals surface area contributed by atoms with Crippen LogP contribution >= 0.6 is 11.3 Å². The molecule has 0 radical (unpaired) electrons. The van der Waals surface area contributed by atoms with E-state index in [4.69, 9.17) is 5.11 Å². The minimum absolute atomic E-state index is 0.0529. The molecule has 0 aromatic carbocycles. The van der Waals surface area contributed by atoms with Crippen molar-refractivity contribution in [3.8, 4) is 0 Å². The van der Waals surface area contributed by atoms with Crippen LogP contribution in [0.25, 0.3) is 0 Å². The fourth-order valence-electron chi connectivity index (χ4n) is 0.993. The number of amides is 1. The van der Waals surface area contributed by atoms with Gasteiger partial charge in [-0.25, -0.2) is 4.98 Å². The first kappa shape index (κ1) is 11.6. The van der Waals surface area contributed by atoms with Crippen molar-refractivity contribution < 1.29 is 14.7 Å². The van der Waals surface area contributed by atoms with Crippen molar-refractivity contribution in [3.63, 3.8) is 0 Å². The Hall–Kier alpha value is -1.43. The fourth-order valence-corrected chi connectivity index (χ4v) is 1.76. The minimum Gasteiger partial charge on any atom is -0.481 e. The van der Waals surface area contributed by atoms with Crippen LogP contribution in [0.2, 0.25) is 0 Å². The third kappa shape index (κ3) is 4.55. The molecule has 1 amide bonds. The zero-order chi connectivity index (χ0) is 11.3. The summed E-state index contributed by atoms with van der Waals surface area (Å²) in [6, 6.07) is 0. The number of carbonyl (C=O) groups is 2. The Morgan fingerprint density at radius 3 is 2.87 bits per heavy atom. The van der Waals surface area contributed by atoms with Gasteiger partial charge in [-0.1, -0.05) is 0 Å². The van der Waals surface area contributed by atoms with Crippen LogP contribution in [-0.2, 0) is 16.0 Å². The lowest BCUT2D eigenvalue weighted by Gasteiger charge is -2.00. The Labute approximate surface area is 91.1 Å². The van der Waals surface area contributed by atoms with E-state index in [1.807, 2.05) is 12.3 Å². The Bertz CT molecular complexity index is 362. The number of aryl methyl sites for hydroxylation is 1. The van der Waals surface area contributed by atoms with Gasteiger partial charge in [0.1, 0.15) is 5.01 Å². The van der Waals surface area contributed by atoms with Gasteiger partial charge in [-0.2, -0.15) is 0 Å². The molecule has 0 unspecified atom stereocenters. The maximum absolute atomic E-state index is 11.3. The molecule has 0 atom stereocenters. The molecule has 0 aliphatic heterocycles. The van der Waals surface area contributed by atoms with E-state index in [-0.39, 0.29) is 25.3 Å². The van der Waals surface area contributed by atoms with Gasteiger partial charge in [-0.15, -0.1) is 11.3 Å². The van der Waals surface area contributed by atoms with E-state index in [9.17, 15) is 9.59 Å². The van der Waals surface area contributed by atoms with Crippen molar-refractivity contribution >= 4 is 23.2 Å². The third-order valence-electron chi connectivity index (χ3n) is 1.64. The van der Waals surface area contributed by atoms with Crippen molar-refractivity contribution in [2.45, 2.75) is 19.8 Å². The number of nitrogens with zero attached hydrogens (tertiary/aromatic N) is 1. The average Bonchev–Trinajstić information content (AvgIpc) is 2.50. The molecule has 0 aliphatic carbocycles. The maximum atomic E-state index is 11.3. The van der Waals surface area contributed by atoms with Crippen LogP contribution in [0.3, 0.4) is 0 Å². The molecule has 6 heteroatoms. The van der Waals surface area contributed by atoms with Crippen LogP contribution < -0.4 is 5.32 Å². The van der Waals surface area contributed by atoms with Crippen molar-refractivity contribution in [2.75, 3.05) is 6.54 Å². The predicted molar refractivity (Wildman–Crippen MR) is 55.8 cm³/mol. The lowest BCUT2D eigenvalue weighted by molar-refractivity contribution is -0.136. The van der Waals surface area contributed by atoms with E-state index in [1.54, 1.807) is 0 Å². The Kier molecular flexibility index (Phi) is 4.23. The van der Waals surface area contributed by atoms with Gasteiger partial charge in [0.05, 0.1) is 12.8 Å². The van der Waals surface area contributed by atoms with Crippen molar-refractivity contribution in [1.82, 2.24) is 10.3 Å². The van der Waals surface area contributed by atoms with E-state index < -0.39 is 5.97 Å². The Balaban J connectivity index is 2.27. The molecule has 1 heterocycles. The van der Waals surface area contributed by atoms with Crippen LogP contribution in [-0.4, -0.2) is 28.5 Å². The summed E-state index contributed by atoms with van der Waals surface area (Å²) in [5.41, 5.74) is 0.897. The number of aromatic nitrogens is 1. The van der Waals surface area contributed by atoms with Crippen LogP contribution in [0.4, 0.5) is 0 Å². The van der Waals surface area contributed by atoms with E-state index in [0.29, 0.717) is 0 Å². The molecular weight excluding hydrogens is 216 g/mol. The minimum atomic E-state index is -0.916. The summed E-state index contributed by atoms with van der Waals surface area (Å²) in [4.78, 5) is 25.6. The first-order valence-electron chi connectivity index (χ1n) is 4.47. The van der Waals surface area contributed by atoms with Gasteiger partial charge in [0.25, 0.3) is 0 Å². The van der Waals surface area contributed by atoms with Crippen LogP contribution in [0.15, 0.2) is 5.38 Å². The van der Waals surface area contributed by atoms with Gasteiger partial charge in [0, 0.05) is 17.6 Å². The number of thiazole rings is 1. The molecule has 15 heavy (non-hydrogen) atoms. The molecule has 82 valence electrons. The smallest absolute Gasteiger partial charge is 0.305 e. The summed E-state index contributed by atoms with van der Waals surface area (Å²) < 4.78 is 0. The summed E-state index contributed by atoms with van der Waals surface area (Å²) in [7, 11) is 0. The normalized spacial score (nSPS) is 9.93. The third-order valence-corrected chi connectivity index (χ3v) is 2.61. The van der Waals surface area contributed by atoms with E-state index >= 15 is 0 Å². The van der Waals surface area contributed by atoms with Crippen LogP contribution in [0, 0.1) is 6.92 Å². The van der Waals surface area contributed by atoms with Crippen molar-refractivity contribution in [3.05, 3.63) is 16.1 Å². The van der Waals surface area contributed by atoms with Gasteiger partial charge in [-0.05, 0) is 6.92 Å². The lowest BCUT2D eigenvalue weighted by atomic mass is 10.4. The quantitative estimate of drug-likeness (QED) is 0.772. The molecule has 1 aromatic rings. The van der Waals surface area contributed by atoms with Gasteiger partial charge < -0.3 is 10.4 Å². The number of hydrogen-bond acceptors (Lipinski definition) is 4. The molecular formula is C9H12N2O3S. The average molecular weight is 228 g/mol. The fraction of sp³-hybridized carbons (Fsp3) is 0.444. The van der Waals surface area contributed by atoms with Gasteiger partial charge in [0.2, 0.25) is 5.91 Å². The highest BCUT2D eigenvalue weighted by atomic mass is 32.1. The number of carboxylic acid groups (broad SMARTS) is 1. The maximum Gasteiger partial charge on any atom is 0.305 e. The van der Waals surface area contributed by atoms with E-state index in [2.05, 4.69) is 10.3 Å². The van der Waals surface area contributed by atoms with E-state index in [0.717, 1.165) is 10.7 Å². The van der Waals surface area contributed by atoms with Crippen LogP contribution in [0.5, 0.6) is 0 Å². The summed E-state index contributed by atoms with van der Waals surface area (Å²) >= 11 is 1.43. The zero-order valence-electron chi connectivity index (χ0n) is 8.32. The second-order valence-electron chi connectivity index (χ2n) is 3.05. The number of hydrogen-bond donors (Lipinski definition) is 2. The SMILES string of the molecule is Cc1csc(CC(=O)NCCC(=O)O)n1. The lowest BCUT2D eigenvalue weighted by Crippen LogP contribution is -2.27. The Morgan fingerprint density at radius 2 is 2.33 bits per heavy atom. The second kappa shape index (κ2) is 5.45. The van der Waals surface area contributed by atoms with E-state index in [1.165, 1.54) is 11.3 Å². The molecule has 0 aliphatic rings. The summed E-state index contributed by atoms with van der Waals surface area (Å²) in [6.07, 6.45) is 0.167. The highest BCUT2D eigenvalue weighted by Gasteiger charge is 2.06. The largest absolute Gasteiger partial charge is 0.481 e. The van der Waals surface area contributed by atoms with Crippen molar-refractivity contribution in [2.24, 2.45) is 0 Å². The molecule has 0 bridgehead atoms.